The highest BCUT2D eigenvalue weighted by Crippen LogP contribution is 2.32. The molecule has 0 saturated heterocycles. The van der Waals surface area contributed by atoms with Crippen LogP contribution in [0.5, 0.6) is 6.01 Å². The minimum atomic E-state index is 0.144. The van der Waals surface area contributed by atoms with Gasteiger partial charge >= 0.3 is 6.01 Å². The molecule has 1 aromatic heterocycles. The first-order valence-corrected chi connectivity index (χ1v) is 6.53. The Labute approximate surface area is 105 Å². The molecule has 0 spiro atoms. The summed E-state index contributed by atoms with van der Waals surface area (Å²) in [5, 5.41) is 0. The van der Waals surface area contributed by atoms with E-state index in [1.165, 1.54) is 25.7 Å². The summed E-state index contributed by atoms with van der Waals surface area (Å²) >= 11 is 0. The zero-order valence-electron chi connectivity index (χ0n) is 11.5. The molecule has 0 fully saturated rings. The van der Waals surface area contributed by atoms with Crippen molar-refractivity contribution in [3.8, 4) is 6.01 Å². The molecule has 17 heavy (non-hydrogen) atoms. The van der Waals surface area contributed by atoms with Crippen LogP contribution in [0.25, 0.3) is 0 Å². The molecule has 0 aliphatic rings. The Hall–Kier alpha value is -1.12. The van der Waals surface area contributed by atoms with Gasteiger partial charge in [-0.3, -0.25) is 0 Å². The van der Waals surface area contributed by atoms with E-state index in [2.05, 4.69) is 30.7 Å². The van der Waals surface area contributed by atoms with Crippen LogP contribution in [0.4, 0.5) is 0 Å². The summed E-state index contributed by atoms with van der Waals surface area (Å²) in [6, 6.07) is 2.48. The van der Waals surface area contributed by atoms with Crippen molar-refractivity contribution < 1.29 is 4.74 Å². The Morgan fingerprint density at radius 1 is 1.29 bits per heavy atom. The SMILES string of the molecule is CCCCCC(C)(CC)c1ccnc(OC)n1. The van der Waals surface area contributed by atoms with E-state index < -0.39 is 0 Å². The van der Waals surface area contributed by atoms with Gasteiger partial charge in [0.1, 0.15) is 0 Å². The molecule has 0 aliphatic carbocycles. The van der Waals surface area contributed by atoms with E-state index in [0.29, 0.717) is 6.01 Å². The number of ether oxygens (including phenoxy) is 1. The van der Waals surface area contributed by atoms with Crippen LogP contribution in [0.1, 0.15) is 58.6 Å². The fraction of sp³-hybridized carbons (Fsp3) is 0.714. The number of hydrogen-bond acceptors (Lipinski definition) is 3. The highest BCUT2D eigenvalue weighted by molar-refractivity contribution is 5.16. The van der Waals surface area contributed by atoms with Gasteiger partial charge in [0.2, 0.25) is 0 Å². The lowest BCUT2D eigenvalue weighted by atomic mass is 9.79. The van der Waals surface area contributed by atoms with Crippen LogP contribution < -0.4 is 4.74 Å². The normalized spacial score (nSPS) is 14.4. The van der Waals surface area contributed by atoms with Crippen LogP contribution >= 0.6 is 0 Å². The molecule has 0 saturated carbocycles. The first-order valence-electron chi connectivity index (χ1n) is 6.53. The number of hydrogen-bond donors (Lipinski definition) is 0. The van der Waals surface area contributed by atoms with Crippen LogP contribution in [0.15, 0.2) is 12.3 Å². The zero-order valence-corrected chi connectivity index (χ0v) is 11.5. The van der Waals surface area contributed by atoms with E-state index in [1.807, 2.05) is 6.07 Å². The number of unbranched alkanes of at least 4 members (excludes halogenated alkanes) is 2. The molecule has 0 aromatic carbocycles. The van der Waals surface area contributed by atoms with E-state index in [-0.39, 0.29) is 5.41 Å². The van der Waals surface area contributed by atoms with Gasteiger partial charge in [-0.05, 0) is 18.9 Å². The predicted octanol–water partition coefficient (Wildman–Crippen LogP) is 3.73. The van der Waals surface area contributed by atoms with Crippen molar-refractivity contribution in [1.29, 1.82) is 0 Å². The lowest BCUT2D eigenvalue weighted by molar-refractivity contribution is 0.354. The van der Waals surface area contributed by atoms with E-state index >= 15 is 0 Å². The van der Waals surface area contributed by atoms with Crippen molar-refractivity contribution in [2.24, 2.45) is 0 Å². The van der Waals surface area contributed by atoms with Crippen molar-refractivity contribution in [2.75, 3.05) is 7.11 Å². The molecule has 3 nitrogen and oxygen atoms in total. The maximum atomic E-state index is 5.10. The van der Waals surface area contributed by atoms with Crippen LogP contribution in [0, 0.1) is 0 Å². The minimum Gasteiger partial charge on any atom is -0.467 e. The van der Waals surface area contributed by atoms with Crippen molar-refractivity contribution in [2.45, 2.75) is 58.3 Å². The van der Waals surface area contributed by atoms with Gasteiger partial charge in [0.05, 0.1) is 12.8 Å². The average Bonchev–Trinajstić information content (AvgIpc) is 2.39. The first kappa shape index (κ1) is 13.9. The molecule has 1 unspecified atom stereocenters. The van der Waals surface area contributed by atoms with Gasteiger partial charge in [0, 0.05) is 11.6 Å². The summed E-state index contributed by atoms with van der Waals surface area (Å²) in [5.41, 5.74) is 1.24. The van der Waals surface area contributed by atoms with Crippen LogP contribution in [-0.2, 0) is 5.41 Å². The van der Waals surface area contributed by atoms with E-state index in [0.717, 1.165) is 12.1 Å². The quantitative estimate of drug-likeness (QED) is 0.676. The fourth-order valence-electron chi connectivity index (χ4n) is 2.03. The van der Waals surface area contributed by atoms with Crippen molar-refractivity contribution >= 4 is 0 Å². The molecule has 0 amide bonds. The van der Waals surface area contributed by atoms with Gasteiger partial charge < -0.3 is 4.74 Å². The summed E-state index contributed by atoms with van der Waals surface area (Å²) in [6.07, 6.45) is 7.86. The minimum absolute atomic E-state index is 0.144. The molecule has 0 bridgehead atoms. The van der Waals surface area contributed by atoms with Gasteiger partial charge in [0.25, 0.3) is 0 Å². The van der Waals surface area contributed by atoms with Crippen molar-refractivity contribution in [3.05, 3.63) is 18.0 Å². The molecule has 1 atom stereocenters. The summed E-state index contributed by atoms with van der Waals surface area (Å²) in [4.78, 5) is 8.55. The Morgan fingerprint density at radius 3 is 2.65 bits per heavy atom. The maximum absolute atomic E-state index is 5.10. The Balaban J connectivity index is 2.82. The Bertz CT molecular complexity index is 341. The molecule has 1 heterocycles. The van der Waals surface area contributed by atoms with Crippen LogP contribution in [0.3, 0.4) is 0 Å². The number of methoxy groups -OCH3 is 1. The van der Waals surface area contributed by atoms with Gasteiger partial charge in [-0.2, -0.15) is 4.98 Å². The Morgan fingerprint density at radius 2 is 2.06 bits per heavy atom. The third-order valence-corrected chi connectivity index (χ3v) is 3.55. The van der Waals surface area contributed by atoms with Gasteiger partial charge in [0.15, 0.2) is 0 Å². The summed E-state index contributed by atoms with van der Waals surface area (Å²) in [5.74, 6) is 0. The third kappa shape index (κ3) is 3.69. The standard InChI is InChI=1S/C14H24N2O/c1-5-7-8-10-14(3,6-2)12-9-11-15-13(16-12)17-4/h9,11H,5-8,10H2,1-4H3. The van der Waals surface area contributed by atoms with Gasteiger partial charge in [-0.25, -0.2) is 4.98 Å². The molecule has 96 valence electrons. The molecular weight excluding hydrogens is 212 g/mol. The molecule has 0 radical (unpaired) electrons. The molecular formula is C14H24N2O. The van der Waals surface area contributed by atoms with E-state index in [1.54, 1.807) is 13.3 Å². The summed E-state index contributed by atoms with van der Waals surface area (Å²) in [7, 11) is 1.61. The zero-order chi connectivity index (χ0) is 12.7. The van der Waals surface area contributed by atoms with Crippen molar-refractivity contribution in [3.63, 3.8) is 0 Å². The second-order valence-electron chi connectivity index (χ2n) is 4.80. The third-order valence-electron chi connectivity index (χ3n) is 3.55. The van der Waals surface area contributed by atoms with Crippen LogP contribution in [0.2, 0.25) is 0 Å². The second kappa shape index (κ2) is 6.58. The first-order chi connectivity index (χ1) is 8.16. The summed E-state index contributed by atoms with van der Waals surface area (Å²) in [6.45, 7) is 6.74. The number of aromatic nitrogens is 2. The lowest BCUT2D eigenvalue weighted by Crippen LogP contribution is -2.22. The predicted molar refractivity (Wildman–Crippen MR) is 70.4 cm³/mol. The maximum Gasteiger partial charge on any atom is 0.316 e. The molecule has 1 aromatic rings. The average molecular weight is 236 g/mol. The molecule has 0 N–H and O–H groups in total. The fourth-order valence-corrected chi connectivity index (χ4v) is 2.03. The number of rotatable bonds is 7. The highest BCUT2D eigenvalue weighted by atomic mass is 16.5. The van der Waals surface area contributed by atoms with Gasteiger partial charge in [-0.1, -0.05) is 40.0 Å². The summed E-state index contributed by atoms with van der Waals surface area (Å²) < 4.78 is 5.10. The lowest BCUT2D eigenvalue weighted by Gasteiger charge is -2.27. The van der Waals surface area contributed by atoms with E-state index in [9.17, 15) is 0 Å². The van der Waals surface area contributed by atoms with Crippen LogP contribution in [-0.4, -0.2) is 17.1 Å². The molecule has 3 heteroatoms. The number of nitrogens with zero attached hydrogens (tertiary/aromatic N) is 2. The van der Waals surface area contributed by atoms with E-state index in [4.69, 9.17) is 4.74 Å². The van der Waals surface area contributed by atoms with Gasteiger partial charge in [-0.15, -0.1) is 0 Å². The van der Waals surface area contributed by atoms with Crippen molar-refractivity contribution in [1.82, 2.24) is 9.97 Å². The topological polar surface area (TPSA) is 35.0 Å². The molecule has 0 aliphatic heterocycles. The molecule has 1 rings (SSSR count). The Kier molecular flexibility index (Phi) is 5.39. The smallest absolute Gasteiger partial charge is 0.316 e. The monoisotopic (exact) mass is 236 g/mol. The highest BCUT2D eigenvalue weighted by Gasteiger charge is 2.26. The second-order valence-corrected chi connectivity index (χ2v) is 4.80. The largest absolute Gasteiger partial charge is 0.467 e.